The van der Waals surface area contributed by atoms with Crippen molar-refractivity contribution in [3.8, 4) is 0 Å². The number of rotatable bonds is 3. The van der Waals surface area contributed by atoms with Gasteiger partial charge < -0.3 is 15.2 Å². The summed E-state index contributed by atoms with van der Waals surface area (Å²) in [5.74, 6) is 0. The van der Waals surface area contributed by atoms with Gasteiger partial charge in [-0.05, 0) is 29.2 Å². The SMILES string of the molecule is C1COCCN1.OCCCc1ccccc1.c1ccsc1. The third-order valence-electron chi connectivity index (χ3n) is 2.74. The highest BCUT2D eigenvalue weighted by atomic mass is 32.1. The van der Waals surface area contributed by atoms with Crippen LogP contribution in [0.15, 0.2) is 53.2 Å². The number of morpholine rings is 1. The molecule has 1 aliphatic rings. The number of ether oxygens (including phenoxy) is 1. The Morgan fingerprint density at radius 2 is 1.67 bits per heavy atom. The van der Waals surface area contributed by atoms with E-state index in [9.17, 15) is 0 Å². The molecule has 4 heteroatoms. The maximum Gasteiger partial charge on any atom is 0.0591 e. The molecule has 0 amide bonds. The number of aryl methyl sites for hydroxylation is 1. The van der Waals surface area contributed by atoms with Crippen LogP contribution in [0, 0.1) is 0 Å². The molecule has 1 aromatic carbocycles. The molecule has 1 saturated heterocycles. The van der Waals surface area contributed by atoms with Crippen molar-refractivity contribution >= 4 is 11.3 Å². The lowest BCUT2D eigenvalue weighted by Crippen LogP contribution is -2.30. The van der Waals surface area contributed by atoms with Gasteiger partial charge in [-0.1, -0.05) is 42.5 Å². The summed E-state index contributed by atoms with van der Waals surface area (Å²) in [6.07, 6.45) is 1.85. The molecule has 0 aliphatic carbocycles. The fourth-order valence-electron chi connectivity index (χ4n) is 1.67. The standard InChI is InChI=1S/C9H12O.C4H9NO.C4H4S/c10-8-4-7-9-5-2-1-3-6-9;1-3-6-4-2-5-1;1-2-4-5-3-1/h1-3,5-6,10H,4,7-8H2;5H,1-4H2;1-4H. The second-order valence-electron chi connectivity index (χ2n) is 4.47. The van der Waals surface area contributed by atoms with Gasteiger partial charge in [0.05, 0.1) is 13.2 Å². The van der Waals surface area contributed by atoms with Crippen LogP contribution in [0.3, 0.4) is 0 Å². The molecule has 1 aromatic heterocycles. The number of hydrogen-bond acceptors (Lipinski definition) is 4. The van der Waals surface area contributed by atoms with Crippen LogP contribution < -0.4 is 5.32 Å². The van der Waals surface area contributed by atoms with Crippen molar-refractivity contribution < 1.29 is 9.84 Å². The van der Waals surface area contributed by atoms with Crippen LogP contribution in [-0.4, -0.2) is 38.0 Å². The van der Waals surface area contributed by atoms with Crippen molar-refractivity contribution in [3.63, 3.8) is 0 Å². The molecule has 2 aromatic rings. The third-order valence-corrected chi connectivity index (χ3v) is 3.37. The molecule has 1 fully saturated rings. The zero-order valence-electron chi connectivity index (χ0n) is 12.4. The van der Waals surface area contributed by atoms with E-state index < -0.39 is 0 Å². The average Bonchev–Trinajstić information content (AvgIpc) is 3.16. The maximum absolute atomic E-state index is 8.53. The van der Waals surface area contributed by atoms with Crippen LogP contribution in [0.25, 0.3) is 0 Å². The molecular weight excluding hydrogens is 282 g/mol. The van der Waals surface area contributed by atoms with Crippen LogP contribution in [0.5, 0.6) is 0 Å². The minimum Gasteiger partial charge on any atom is -0.396 e. The molecule has 0 saturated carbocycles. The molecule has 0 bridgehead atoms. The summed E-state index contributed by atoms with van der Waals surface area (Å²) >= 11 is 1.71. The molecule has 0 radical (unpaired) electrons. The van der Waals surface area contributed by atoms with Gasteiger partial charge in [-0.25, -0.2) is 0 Å². The van der Waals surface area contributed by atoms with Crippen LogP contribution in [0.4, 0.5) is 0 Å². The fourth-order valence-corrected chi connectivity index (χ4v) is 2.12. The van der Waals surface area contributed by atoms with Gasteiger partial charge in [-0.15, -0.1) is 0 Å². The lowest BCUT2D eigenvalue weighted by atomic mass is 10.1. The average molecular weight is 307 g/mol. The summed E-state index contributed by atoms with van der Waals surface area (Å²) in [6, 6.07) is 14.2. The molecule has 3 rings (SSSR count). The Bertz CT molecular complexity index is 373. The van der Waals surface area contributed by atoms with Crippen molar-refractivity contribution in [2.75, 3.05) is 32.9 Å². The van der Waals surface area contributed by atoms with Crippen molar-refractivity contribution in [2.45, 2.75) is 12.8 Å². The summed E-state index contributed by atoms with van der Waals surface area (Å²) in [4.78, 5) is 0. The molecule has 21 heavy (non-hydrogen) atoms. The molecule has 3 nitrogen and oxygen atoms in total. The minimum absolute atomic E-state index is 0.287. The molecule has 1 aliphatic heterocycles. The molecule has 0 atom stereocenters. The first-order chi connectivity index (χ1) is 10.4. The van der Waals surface area contributed by atoms with Crippen molar-refractivity contribution in [1.82, 2.24) is 5.32 Å². The molecule has 116 valence electrons. The highest BCUT2D eigenvalue weighted by Crippen LogP contribution is 2.00. The van der Waals surface area contributed by atoms with Crippen LogP contribution >= 0.6 is 11.3 Å². The summed E-state index contributed by atoms with van der Waals surface area (Å²) < 4.78 is 5.01. The Morgan fingerprint density at radius 1 is 1.00 bits per heavy atom. The van der Waals surface area contributed by atoms with E-state index in [4.69, 9.17) is 9.84 Å². The smallest absolute Gasteiger partial charge is 0.0591 e. The van der Waals surface area contributed by atoms with E-state index in [1.165, 1.54) is 5.56 Å². The van der Waals surface area contributed by atoms with Crippen molar-refractivity contribution in [2.24, 2.45) is 0 Å². The summed E-state index contributed by atoms with van der Waals surface area (Å²) in [6.45, 7) is 4.12. The number of benzene rings is 1. The van der Waals surface area contributed by atoms with E-state index in [0.29, 0.717) is 0 Å². The van der Waals surface area contributed by atoms with Crippen LogP contribution in [0.2, 0.25) is 0 Å². The van der Waals surface area contributed by atoms with Crippen LogP contribution in [-0.2, 0) is 11.2 Å². The van der Waals surface area contributed by atoms with Crippen molar-refractivity contribution in [1.29, 1.82) is 0 Å². The van der Waals surface area contributed by atoms with Gasteiger partial charge >= 0.3 is 0 Å². The summed E-state index contributed by atoms with van der Waals surface area (Å²) in [7, 11) is 0. The predicted molar refractivity (Wildman–Crippen MR) is 89.9 cm³/mol. The lowest BCUT2D eigenvalue weighted by molar-refractivity contribution is 0.109. The fraction of sp³-hybridized carbons (Fsp3) is 0.412. The second kappa shape index (κ2) is 13.8. The second-order valence-corrected chi connectivity index (χ2v) is 5.28. The first kappa shape index (κ1) is 17.9. The van der Waals surface area contributed by atoms with Gasteiger partial charge in [0.1, 0.15) is 0 Å². The number of aliphatic hydroxyl groups is 1. The number of aliphatic hydroxyl groups excluding tert-OH is 1. The maximum atomic E-state index is 8.53. The highest BCUT2D eigenvalue weighted by Gasteiger charge is 1.93. The molecule has 2 N–H and O–H groups in total. The van der Waals surface area contributed by atoms with Crippen molar-refractivity contribution in [3.05, 3.63) is 58.8 Å². The van der Waals surface area contributed by atoms with Gasteiger partial charge in [0.15, 0.2) is 0 Å². The molecule has 0 unspecified atom stereocenters. The zero-order valence-corrected chi connectivity index (χ0v) is 13.2. The van der Waals surface area contributed by atoms with Gasteiger partial charge in [-0.3, -0.25) is 0 Å². The van der Waals surface area contributed by atoms with E-state index in [1.807, 2.05) is 41.1 Å². The topological polar surface area (TPSA) is 41.5 Å². The summed E-state index contributed by atoms with van der Waals surface area (Å²) in [5.41, 5.74) is 1.30. The van der Waals surface area contributed by atoms with Gasteiger partial charge in [0.2, 0.25) is 0 Å². The Kier molecular flexibility index (Phi) is 11.7. The Balaban J connectivity index is 0.000000170. The molecular formula is C17H25NO2S. The zero-order chi connectivity index (χ0) is 15.0. The Labute approximate surface area is 131 Å². The normalized spacial score (nSPS) is 13.4. The number of thiophene rings is 1. The van der Waals surface area contributed by atoms with Crippen LogP contribution in [0.1, 0.15) is 12.0 Å². The van der Waals surface area contributed by atoms with Gasteiger partial charge in [0, 0.05) is 19.7 Å². The van der Waals surface area contributed by atoms with Gasteiger partial charge in [-0.2, -0.15) is 11.3 Å². The molecule has 0 spiro atoms. The van der Waals surface area contributed by atoms with E-state index in [1.54, 1.807) is 11.3 Å². The predicted octanol–water partition coefficient (Wildman–Crippen LogP) is 2.97. The first-order valence-corrected chi connectivity index (χ1v) is 8.28. The number of nitrogens with one attached hydrogen (secondary N) is 1. The summed E-state index contributed by atoms with van der Waals surface area (Å²) in [5, 5.41) is 15.8. The van der Waals surface area contributed by atoms with E-state index in [2.05, 4.69) is 17.4 Å². The Morgan fingerprint density at radius 3 is 2.05 bits per heavy atom. The Hall–Kier alpha value is -1.20. The highest BCUT2D eigenvalue weighted by molar-refractivity contribution is 7.07. The monoisotopic (exact) mass is 307 g/mol. The largest absolute Gasteiger partial charge is 0.396 e. The number of hydrogen-bond donors (Lipinski definition) is 2. The van der Waals surface area contributed by atoms with Gasteiger partial charge in [0.25, 0.3) is 0 Å². The van der Waals surface area contributed by atoms with E-state index >= 15 is 0 Å². The molecule has 2 heterocycles. The lowest BCUT2D eigenvalue weighted by Gasteiger charge is -2.10. The third kappa shape index (κ3) is 11.2. The van der Waals surface area contributed by atoms with E-state index in [0.717, 1.165) is 39.1 Å². The first-order valence-electron chi connectivity index (χ1n) is 7.34. The van der Waals surface area contributed by atoms with E-state index in [-0.39, 0.29) is 6.61 Å². The quantitative estimate of drug-likeness (QED) is 0.916. The minimum atomic E-state index is 0.287.